The van der Waals surface area contributed by atoms with Crippen LogP contribution in [0.5, 0.6) is 0 Å². The van der Waals surface area contributed by atoms with Crippen LogP contribution < -0.4 is 15.1 Å². The Bertz CT molecular complexity index is 698. The first-order chi connectivity index (χ1) is 12.1. The quantitative estimate of drug-likeness (QED) is 0.891. The van der Waals surface area contributed by atoms with Gasteiger partial charge in [-0.25, -0.2) is 9.97 Å². The summed E-state index contributed by atoms with van der Waals surface area (Å²) < 4.78 is 0. The summed E-state index contributed by atoms with van der Waals surface area (Å²) in [4.78, 5) is 29.5. The second-order valence-electron chi connectivity index (χ2n) is 6.56. The Balaban J connectivity index is 1.62. The molecule has 132 valence electrons. The molecule has 0 bridgehead atoms. The number of rotatable bonds is 5. The van der Waals surface area contributed by atoms with Crippen LogP contribution in [0.4, 0.5) is 11.6 Å². The highest BCUT2D eigenvalue weighted by atomic mass is 16.1. The maximum Gasteiger partial charge on any atom is 0.252 e. The number of hydrogen-bond donors (Lipinski definition) is 1. The molecule has 2 aromatic heterocycles. The minimum absolute atomic E-state index is 0.0700. The van der Waals surface area contributed by atoms with E-state index in [0.29, 0.717) is 18.0 Å². The van der Waals surface area contributed by atoms with Crippen molar-refractivity contribution < 1.29 is 4.79 Å². The van der Waals surface area contributed by atoms with Crippen LogP contribution in [0.3, 0.4) is 0 Å². The number of nitrogens with one attached hydrogen (secondary N) is 1. The molecule has 0 aliphatic carbocycles. The van der Waals surface area contributed by atoms with Crippen LogP contribution >= 0.6 is 0 Å². The molecule has 3 heterocycles. The summed E-state index contributed by atoms with van der Waals surface area (Å²) >= 11 is 0. The second kappa shape index (κ2) is 7.92. The van der Waals surface area contributed by atoms with Gasteiger partial charge >= 0.3 is 0 Å². The van der Waals surface area contributed by atoms with Crippen LogP contribution in [0, 0.1) is 5.92 Å². The molecule has 0 saturated carbocycles. The maximum absolute atomic E-state index is 12.2. The molecule has 1 N–H and O–H groups in total. The predicted octanol–water partition coefficient (Wildman–Crippen LogP) is 1.58. The average molecular weight is 340 g/mol. The van der Waals surface area contributed by atoms with Crippen LogP contribution in [-0.2, 0) is 0 Å². The Morgan fingerprint density at radius 2 is 1.80 bits per heavy atom. The van der Waals surface area contributed by atoms with Gasteiger partial charge in [-0.2, -0.15) is 0 Å². The molecule has 1 aliphatic rings. The molecule has 1 fully saturated rings. The smallest absolute Gasteiger partial charge is 0.252 e. The number of carbonyl (C=O) groups excluding carboxylic acids is 1. The van der Waals surface area contributed by atoms with E-state index >= 15 is 0 Å². The van der Waals surface area contributed by atoms with E-state index in [1.54, 1.807) is 18.6 Å². The van der Waals surface area contributed by atoms with Crippen molar-refractivity contribution in [3.05, 3.63) is 42.5 Å². The molecule has 1 aliphatic heterocycles. The molecule has 0 unspecified atom stereocenters. The molecule has 3 rings (SSSR count). The third-order valence-corrected chi connectivity index (χ3v) is 4.14. The number of piperazine rings is 1. The average Bonchev–Trinajstić information content (AvgIpc) is 2.67. The Labute approximate surface area is 148 Å². The summed E-state index contributed by atoms with van der Waals surface area (Å²) in [5, 5.41) is 2.93. The van der Waals surface area contributed by atoms with Gasteiger partial charge in [0.2, 0.25) is 5.95 Å². The minimum atomic E-state index is -0.0700. The Morgan fingerprint density at radius 1 is 1.12 bits per heavy atom. The number of nitrogens with zero attached hydrogens (tertiary/aromatic N) is 5. The zero-order valence-corrected chi connectivity index (χ0v) is 14.7. The van der Waals surface area contributed by atoms with Crippen LogP contribution in [0.1, 0.15) is 24.2 Å². The van der Waals surface area contributed by atoms with Crippen molar-refractivity contribution in [2.75, 3.05) is 42.5 Å². The van der Waals surface area contributed by atoms with Gasteiger partial charge in [-0.1, -0.05) is 13.8 Å². The molecule has 25 heavy (non-hydrogen) atoms. The molecule has 0 aromatic carbocycles. The fourth-order valence-electron chi connectivity index (χ4n) is 2.74. The molecule has 0 spiro atoms. The van der Waals surface area contributed by atoms with Crippen molar-refractivity contribution in [2.45, 2.75) is 13.8 Å². The van der Waals surface area contributed by atoms with E-state index in [-0.39, 0.29) is 5.91 Å². The first-order valence-electron chi connectivity index (χ1n) is 8.63. The molecule has 1 saturated heterocycles. The topological polar surface area (TPSA) is 74.2 Å². The number of anilines is 2. The van der Waals surface area contributed by atoms with Crippen LogP contribution in [0.15, 0.2) is 36.9 Å². The highest BCUT2D eigenvalue weighted by Gasteiger charge is 2.20. The number of pyridine rings is 1. The normalized spacial score (nSPS) is 14.7. The summed E-state index contributed by atoms with van der Waals surface area (Å²) in [7, 11) is 0. The van der Waals surface area contributed by atoms with E-state index in [9.17, 15) is 4.79 Å². The Kier molecular flexibility index (Phi) is 5.42. The van der Waals surface area contributed by atoms with Crippen molar-refractivity contribution in [2.24, 2.45) is 5.92 Å². The molecule has 2 aromatic rings. The number of aromatic nitrogens is 3. The summed E-state index contributed by atoms with van der Waals surface area (Å²) in [6, 6.07) is 3.73. The van der Waals surface area contributed by atoms with Gasteiger partial charge in [0, 0.05) is 51.3 Å². The second-order valence-corrected chi connectivity index (χ2v) is 6.56. The summed E-state index contributed by atoms with van der Waals surface area (Å²) in [5.41, 5.74) is 1.58. The first kappa shape index (κ1) is 17.1. The van der Waals surface area contributed by atoms with Crippen LogP contribution in [0.2, 0.25) is 0 Å². The third-order valence-electron chi connectivity index (χ3n) is 4.14. The lowest BCUT2D eigenvalue weighted by atomic mass is 10.2. The van der Waals surface area contributed by atoms with Crippen molar-refractivity contribution in [3.8, 4) is 0 Å². The highest BCUT2D eigenvalue weighted by Crippen LogP contribution is 2.18. The lowest BCUT2D eigenvalue weighted by Gasteiger charge is -2.35. The predicted molar refractivity (Wildman–Crippen MR) is 97.9 cm³/mol. The van der Waals surface area contributed by atoms with E-state index in [2.05, 4.69) is 43.9 Å². The first-order valence-corrected chi connectivity index (χ1v) is 8.63. The molecule has 1 amide bonds. The monoisotopic (exact) mass is 340 g/mol. The number of carbonyl (C=O) groups is 1. The molecule has 7 nitrogen and oxygen atoms in total. The fraction of sp³-hybridized carbons (Fsp3) is 0.444. The molecular formula is C18H24N6O. The Hall–Kier alpha value is -2.70. The van der Waals surface area contributed by atoms with E-state index < -0.39 is 0 Å². The summed E-state index contributed by atoms with van der Waals surface area (Å²) in [6.07, 6.45) is 6.96. The highest BCUT2D eigenvalue weighted by molar-refractivity contribution is 5.94. The van der Waals surface area contributed by atoms with Crippen molar-refractivity contribution in [1.82, 2.24) is 20.3 Å². The fourth-order valence-corrected chi connectivity index (χ4v) is 2.74. The minimum Gasteiger partial charge on any atom is -0.367 e. The van der Waals surface area contributed by atoms with E-state index in [0.717, 1.165) is 37.8 Å². The summed E-state index contributed by atoms with van der Waals surface area (Å²) in [6.45, 7) is 8.18. The van der Waals surface area contributed by atoms with Gasteiger partial charge < -0.3 is 15.1 Å². The number of hydrogen-bond acceptors (Lipinski definition) is 6. The summed E-state index contributed by atoms with van der Waals surface area (Å²) in [5.74, 6) is 1.12. The van der Waals surface area contributed by atoms with Gasteiger partial charge in [0.15, 0.2) is 0 Å². The molecule has 0 atom stereocenters. The van der Waals surface area contributed by atoms with E-state index in [1.165, 1.54) is 0 Å². The zero-order chi connectivity index (χ0) is 17.6. The third kappa shape index (κ3) is 4.43. The van der Waals surface area contributed by atoms with Crippen LogP contribution in [0.25, 0.3) is 0 Å². The number of amides is 1. The zero-order valence-electron chi connectivity index (χ0n) is 14.7. The maximum atomic E-state index is 12.2. The van der Waals surface area contributed by atoms with Gasteiger partial charge in [0.1, 0.15) is 0 Å². The van der Waals surface area contributed by atoms with Crippen molar-refractivity contribution in [3.63, 3.8) is 0 Å². The van der Waals surface area contributed by atoms with Gasteiger partial charge in [-0.3, -0.25) is 9.78 Å². The SMILES string of the molecule is CC(C)CNC(=O)c1cncc(N2CCN(c3ncccn3)CC2)c1. The van der Waals surface area contributed by atoms with Crippen molar-refractivity contribution in [1.29, 1.82) is 0 Å². The molecule has 7 heteroatoms. The van der Waals surface area contributed by atoms with Crippen LogP contribution in [-0.4, -0.2) is 53.6 Å². The Morgan fingerprint density at radius 3 is 2.48 bits per heavy atom. The van der Waals surface area contributed by atoms with E-state index in [4.69, 9.17) is 0 Å². The standard InChI is InChI=1S/C18H24N6O/c1-14(2)11-22-17(25)15-10-16(13-19-12-15)23-6-8-24(9-7-23)18-20-4-3-5-21-18/h3-5,10,12-14H,6-9,11H2,1-2H3,(H,22,25). The van der Waals surface area contributed by atoms with E-state index in [1.807, 2.05) is 18.3 Å². The lowest BCUT2D eigenvalue weighted by Crippen LogP contribution is -2.47. The van der Waals surface area contributed by atoms with Gasteiger partial charge in [-0.05, 0) is 18.1 Å². The lowest BCUT2D eigenvalue weighted by molar-refractivity contribution is 0.0948. The molecule has 0 radical (unpaired) electrons. The molecular weight excluding hydrogens is 316 g/mol. The van der Waals surface area contributed by atoms with Gasteiger partial charge in [-0.15, -0.1) is 0 Å². The van der Waals surface area contributed by atoms with Crippen molar-refractivity contribution >= 4 is 17.5 Å². The largest absolute Gasteiger partial charge is 0.367 e. The van der Waals surface area contributed by atoms with Gasteiger partial charge in [0.05, 0.1) is 17.4 Å². The van der Waals surface area contributed by atoms with Gasteiger partial charge in [0.25, 0.3) is 5.91 Å².